The van der Waals surface area contributed by atoms with Gasteiger partial charge in [-0.2, -0.15) is 10.2 Å². The van der Waals surface area contributed by atoms with Crippen LogP contribution in [0.4, 0.5) is 0 Å². The first-order chi connectivity index (χ1) is 9.76. The third-order valence-corrected chi connectivity index (χ3v) is 3.83. The zero-order chi connectivity index (χ0) is 13.9. The van der Waals surface area contributed by atoms with E-state index in [0.717, 1.165) is 10.4 Å². The molecule has 0 aliphatic rings. The Bertz CT molecular complexity index is 765. The molecular weight excluding hydrogens is 270 g/mol. The van der Waals surface area contributed by atoms with Gasteiger partial charge < -0.3 is 4.52 Å². The highest BCUT2D eigenvalue weighted by atomic mass is 32.1. The number of aromatic nitrogens is 2. The summed E-state index contributed by atoms with van der Waals surface area (Å²) in [5.41, 5.74) is 2.93. The minimum atomic E-state index is 0.415. The average molecular weight is 281 g/mol. The van der Waals surface area contributed by atoms with E-state index < -0.39 is 0 Å². The summed E-state index contributed by atoms with van der Waals surface area (Å²) in [6, 6.07) is 12.1. The number of benzene rings is 1. The zero-order valence-corrected chi connectivity index (χ0v) is 11.6. The van der Waals surface area contributed by atoms with E-state index in [-0.39, 0.29) is 0 Å². The van der Waals surface area contributed by atoms with Crippen molar-refractivity contribution in [1.82, 2.24) is 10.1 Å². The lowest BCUT2D eigenvalue weighted by Crippen LogP contribution is -1.90. The first kappa shape index (κ1) is 12.6. The molecule has 5 heteroatoms. The van der Waals surface area contributed by atoms with E-state index >= 15 is 0 Å². The largest absolute Gasteiger partial charge is 0.333 e. The van der Waals surface area contributed by atoms with Gasteiger partial charge in [0.15, 0.2) is 5.82 Å². The van der Waals surface area contributed by atoms with Crippen LogP contribution < -0.4 is 0 Å². The molecule has 3 rings (SSSR count). The van der Waals surface area contributed by atoms with Gasteiger partial charge in [-0.15, -0.1) is 11.3 Å². The summed E-state index contributed by atoms with van der Waals surface area (Å²) in [5.74, 6) is 1.04. The maximum Gasteiger partial charge on any atom is 0.269 e. The maximum absolute atomic E-state index is 9.00. The van der Waals surface area contributed by atoms with Gasteiger partial charge in [-0.05, 0) is 23.9 Å². The molecule has 0 saturated heterocycles. The van der Waals surface area contributed by atoms with Crippen molar-refractivity contribution in [3.05, 3.63) is 58.2 Å². The number of nitriles is 1. The van der Waals surface area contributed by atoms with Crippen LogP contribution in [0.1, 0.15) is 22.5 Å². The molecule has 0 radical (unpaired) electrons. The smallest absolute Gasteiger partial charge is 0.269 e. The molecule has 0 spiro atoms. The van der Waals surface area contributed by atoms with E-state index in [1.165, 1.54) is 16.9 Å². The number of nitrogens with zero attached hydrogens (tertiary/aromatic N) is 3. The normalized spacial score (nSPS) is 10.4. The summed E-state index contributed by atoms with van der Waals surface area (Å²) in [7, 11) is 0. The molecule has 0 aliphatic heterocycles. The highest BCUT2D eigenvalue weighted by Crippen LogP contribution is 2.27. The average Bonchev–Trinajstić information content (AvgIpc) is 3.09. The Morgan fingerprint density at radius 2 is 2.05 bits per heavy atom. The molecule has 3 aromatic rings. The number of thiophene rings is 1. The standard InChI is InChI=1S/C15H11N3OS/c1-10-2-4-11(5-3-10)8-13-17-15(19-18-13)14-12(9-16)6-7-20-14/h2-7H,8H2,1H3. The fourth-order valence-electron chi connectivity index (χ4n) is 1.87. The van der Waals surface area contributed by atoms with Crippen LogP contribution in [0.5, 0.6) is 0 Å². The fourth-order valence-corrected chi connectivity index (χ4v) is 2.63. The second kappa shape index (κ2) is 5.27. The fraction of sp³-hybridized carbons (Fsp3) is 0.133. The molecule has 0 saturated carbocycles. The van der Waals surface area contributed by atoms with Crippen molar-refractivity contribution in [2.75, 3.05) is 0 Å². The summed E-state index contributed by atoms with van der Waals surface area (Å²) in [4.78, 5) is 5.09. The molecule has 0 bridgehead atoms. The van der Waals surface area contributed by atoms with Crippen LogP contribution in [0, 0.1) is 18.3 Å². The van der Waals surface area contributed by atoms with Crippen molar-refractivity contribution in [2.45, 2.75) is 13.3 Å². The van der Waals surface area contributed by atoms with Gasteiger partial charge in [0, 0.05) is 6.42 Å². The third-order valence-electron chi connectivity index (χ3n) is 2.93. The molecule has 0 N–H and O–H groups in total. The highest BCUT2D eigenvalue weighted by molar-refractivity contribution is 7.13. The topological polar surface area (TPSA) is 62.7 Å². The van der Waals surface area contributed by atoms with Gasteiger partial charge in [-0.25, -0.2) is 0 Å². The molecule has 4 nitrogen and oxygen atoms in total. The summed E-state index contributed by atoms with van der Waals surface area (Å²) in [6.45, 7) is 2.05. The van der Waals surface area contributed by atoms with E-state index in [9.17, 15) is 0 Å². The van der Waals surface area contributed by atoms with Crippen LogP contribution in [-0.4, -0.2) is 10.1 Å². The Morgan fingerprint density at radius 1 is 1.25 bits per heavy atom. The van der Waals surface area contributed by atoms with Crippen LogP contribution in [0.15, 0.2) is 40.2 Å². The first-order valence-corrected chi connectivity index (χ1v) is 7.00. The second-order valence-electron chi connectivity index (χ2n) is 4.45. The van der Waals surface area contributed by atoms with Crippen LogP contribution in [-0.2, 0) is 6.42 Å². The van der Waals surface area contributed by atoms with Gasteiger partial charge in [-0.1, -0.05) is 35.0 Å². The molecule has 0 fully saturated rings. The minimum absolute atomic E-state index is 0.415. The van der Waals surface area contributed by atoms with Crippen molar-refractivity contribution in [2.24, 2.45) is 0 Å². The van der Waals surface area contributed by atoms with Gasteiger partial charge in [0.25, 0.3) is 5.89 Å². The molecule has 0 amide bonds. The molecule has 0 atom stereocenters. The lowest BCUT2D eigenvalue weighted by Gasteiger charge is -1.97. The Morgan fingerprint density at radius 3 is 2.80 bits per heavy atom. The van der Waals surface area contributed by atoms with Gasteiger partial charge in [0.05, 0.1) is 5.56 Å². The predicted molar refractivity (Wildman–Crippen MR) is 76.3 cm³/mol. The monoisotopic (exact) mass is 281 g/mol. The second-order valence-corrected chi connectivity index (χ2v) is 5.37. The number of rotatable bonds is 3. The summed E-state index contributed by atoms with van der Waals surface area (Å²) >= 11 is 1.43. The van der Waals surface area contributed by atoms with Gasteiger partial charge >= 0.3 is 0 Å². The SMILES string of the molecule is Cc1ccc(Cc2noc(-c3sccc3C#N)n2)cc1. The van der Waals surface area contributed by atoms with Gasteiger partial charge in [0.2, 0.25) is 0 Å². The molecule has 2 heterocycles. The Balaban J connectivity index is 1.84. The number of hydrogen-bond acceptors (Lipinski definition) is 5. The van der Waals surface area contributed by atoms with Gasteiger partial charge in [0.1, 0.15) is 10.9 Å². The Labute approximate surface area is 120 Å². The van der Waals surface area contributed by atoms with Gasteiger partial charge in [-0.3, -0.25) is 0 Å². The van der Waals surface area contributed by atoms with E-state index in [1.54, 1.807) is 6.07 Å². The molecule has 1 aromatic carbocycles. The third kappa shape index (κ3) is 2.46. The van der Waals surface area contributed by atoms with Crippen LogP contribution in [0.3, 0.4) is 0 Å². The Hall–Kier alpha value is -2.45. The van der Waals surface area contributed by atoms with Crippen LogP contribution in [0.25, 0.3) is 10.8 Å². The summed E-state index contributed by atoms with van der Waals surface area (Å²) < 4.78 is 5.25. The van der Waals surface area contributed by atoms with Crippen molar-refractivity contribution in [3.8, 4) is 16.8 Å². The van der Waals surface area contributed by atoms with Crippen molar-refractivity contribution >= 4 is 11.3 Å². The maximum atomic E-state index is 9.00. The molecule has 2 aromatic heterocycles. The molecule has 98 valence electrons. The number of hydrogen-bond donors (Lipinski definition) is 0. The Kier molecular flexibility index (Phi) is 3.32. The van der Waals surface area contributed by atoms with E-state index in [4.69, 9.17) is 9.78 Å². The molecule has 0 aliphatic carbocycles. The van der Waals surface area contributed by atoms with Crippen molar-refractivity contribution in [1.29, 1.82) is 5.26 Å². The quantitative estimate of drug-likeness (QED) is 0.736. The number of aryl methyl sites for hydroxylation is 1. The minimum Gasteiger partial charge on any atom is -0.333 e. The van der Waals surface area contributed by atoms with E-state index in [0.29, 0.717) is 23.7 Å². The first-order valence-electron chi connectivity index (χ1n) is 6.12. The summed E-state index contributed by atoms with van der Waals surface area (Å²) in [6.07, 6.45) is 0.622. The van der Waals surface area contributed by atoms with Crippen molar-refractivity contribution in [3.63, 3.8) is 0 Å². The lowest BCUT2D eigenvalue weighted by molar-refractivity contribution is 0.424. The molecule has 20 heavy (non-hydrogen) atoms. The van der Waals surface area contributed by atoms with Crippen LogP contribution >= 0.6 is 11.3 Å². The highest BCUT2D eigenvalue weighted by Gasteiger charge is 2.14. The van der Waals surface area contributed by atoms with Crippen molar-refractivity contribution < 1.29 is 4.52 Å². The molecule has 0 unspecified atom stereocenters. The predicted octanol–water partition coefficient (Wildman–Crippen LogP) is 3.57. The van der Waals surface area contributed by atoms with E-state index in [1.807, 2.05) is 5.38 Å². The lowest BCUT2D eigenvalue weighted by atomic mass is 10.1. The van der Waals surface area contributed by atoms with Crippen LogP contribution in [0.2, 0.25) is 0 Å². The molecular formula is C15H11N3OS. The zero-order valence-electron chi connectivity index (χ0n) is 10.8. The van der Waals surface area contributed by atoms with E-state index in [2.05, 4.69) is 47.4 Å². The summed E-state index contributed by atoms with van der Waals surface area (Å²) in [5, 5.41) is 14.8.